The molecular formula is C14H19N3O3. The molecule has 3 N–H and O–H groups in total. The van der Waals surface area contributed by atoms with Crippen LogP contribution in [-0.4, -0.2) is 16.4 Å². The van der Waals surface area contributed by atoms with Crippen LogP contribution in [0.15, 0.2) is 18.2 Å². The Labute approximate surface area is 117 Å². The number of nitro benzene ring substituents is 1. The molecule has 1 aromatic carbocycles. The number of nitrogen functional groups attached to an aromatic ring is 1. The molecule has 6 heteroatoms. The lowest BCUT2D eigenvalue weighted by molar-refractivity contribution is -0.383. The predicted octanol–water partition coefficient (Wildman–Crippen LogP) is 2.63. The molecule has 1 amide bonds. The van der Waals surface area contributed by atoms with Gasteiger partial charge in [0.1, 0.15) is 5.69 Å². The van der Waals surface area contributed by atoms with Gasteiger partial charge in [-0.1, -0.05) is 19.3 Å². The number of nitrogens with one attached hydrogen (secondary N) is 1. The lowest BCUT2D eigenvalue weighted by atomic mass is 9.83. The first kappa shape index (κ1) is 14.3. The number of amides is 1. The summed E-state index contributed by atoms with van der Waals surface area (Å²) in [5.74, 6) is -0.226. The fourth-order valence-corrected chi connectivity index (χ4v) is 2.67. The summed E-state index contributed by atoms with van der Waals surface area (Å²) < 4.78 is 0. The number of hydrogen-bond acceptors (Lipinski definition) is 4. The van der Waals surface area contributed by atoms with Gasteiger partial charge in [0.25, 0.3) is 11.6 Å². The number of nitrogens with two attached hydrogens (primary N) is 1. The Bertz CT molecular complexity index is 536. The number of nitro groups is 1. The van der Waals surface area contributed by atoms with Gasteiger partial charge in [0.15, 0.2) is 0 Å². The minimum Gasteiger partial charge on any atom is -0.393 e. The Balaban J connectivity index is 2.13. The smallest absolute Gasteiger partial charge is 0.292 e. The SMILES string of the molecule is CC1(NC(=O)c2ccc([N+](=O)[O-])c(N)c2)CCCCC1. The van der Waals surface area contributed by atoms with Gasteiger partial charge in [-0.2, -0.15) is 0 Å². The van der Waals surface area contributed by atoms with Gasteiger partial charge < -0.3 is 11.1 Å². The van der Waals surface area contributed by atoms with Gasteiger partial charge in [-0.25, -0.2) is 0 Å². The zero-order chi connectivity index (χ0) is 14.8. The van der Waals surface area contributed by atoms with Crippen LogP contribution in [0.25, 0.3) is 0 Å². The average Bonchev–Trinajstić information content (AvgIpc) is 2.38. The Kier molecular flexibility index (Phi) is 3.92. The van der Waals surface area contributed by atoms with Gasteiger partial charge in [-0.05, 0) is 31.9 Å². The number of hydrogen-bond donors (Lipinski definition) is 2. The third-order valence-corrected chi connectivity index (χ3v) is 3.86. The quantitative estimate of drug-likeness (QED) is 0.504. The zero-order valence-corrected chi connectivity index (χ0v) is 11.5. The van der Waals surface area contributed by atoms with Crippen LogP contribution >= 0.6 is 0 Å². The summed E-state index contributed by atoms with van der Waals surface area (Å²) in [5.41, 5.74) is 5.61. The van der Waals surface area contributed by atoms with Crippen molar-refractivity contribution in [2.45, 2.75) is 44.6 Å². The summed E-state index contributed by atoms with van der Waals surface area (Å²) >= 11 is 0. The van der Waals surface area contributed by atoms with Crippen LogP contribution in [0.1, 0.15) is 49.4 Å². The van der Waals surface area contributed by atoms with Crippen molar-refractivity contribution in [2.75, 3.05) is 5.73 Å². The molecule has 0 radical (unpaired) electrons. The number of rotatable bonds is 3. The van der Waals surface area contributed by atoms with Crippen LogP contribution in [0.5, 0.6) is 0 Å². The summed E-state index contributed by atoms with van der Waals surface area (Å²) in [4.78, 5) is 22.4. The third kappa shape index (κ3) is 3.07. The largest absolute Gasteiger partial charge is 0.393 e. The topological polar surface area (TPSA) is 98.3 Å². The van der Waals surface area contributed by atoms with Crippen molar-refractivity contribution in [1.82, 2.24) is 5.32 Å². The molecule has 6 nitrogen and oxygen atoms in total. The van der Waals surface area contributed by atoms with Crippen molar-refractivity contribution < 1.29 is 9.72 Å². The van der Waals surface area contributed by atoms with Gasteiger partial charge in [0.2, 0.25) is 0 Å². The second-order valence-electron chi connectivity index (χ2n) is 5.61. The Hall–Kier alpha value is -2.11. The van der Waals surface area contributed by atoms with Crippen LogP contribution in [0.2, 0.25) is 0 Å². The van der Waals surface area contributed by atoms with Crippen LogP contribution in [0.3, 0.4) is 0 Å². The Morgan fingerprint density at radius 1 is 1.35 bits per heavy atom. The summed E-state index contributed by atoms with van der Waals surface area (Å²) in [6, 6.07) is 4.07. The first-order valence-electron chi connectivity index (χ1n) is 6.78. The van der Waals surface area contributed by atoms with E-state index in [-0.39, 0.29) is 22.8 Å². The van der Waals surface area contributed by atoms with Gasteiger partial charge in [0.05, 0.1) is 4.92 Å². The van der Waals surface area contributed by atoms with Crippen molar-refractivity contribution in [3.63, 3.8) is 0 Å². The number of benzene rings is 1. The molecule has 0 spiro atoms. The van der Waals surface area contributed by atoms with E-state index in [0.29, 0.717) is 5.56 Å². The maximum absolute atomic E-state index is 12.2. The van der Waals surface area contributed by atoms with E-state index < -0.39 is 4.92 Å². The number of nitrogens with zero attached hydrogens (tertiary/aromatic N) is 1. The molecule has 0 aromatic heterocycles. The highest BCUT2D eigenvalue weighted by atomic mass is 16.6. The van der Waals surface area contributed by atoms with Gasteiger partial charge in [0, 0.05) is 17.2 Å². The van der Waals surface area contributed by atoms with Crippen molar-refractivity contribution >= 4 is 17.3 Å². The summed E-state index contributed by atoms with van der Waals surface area (Å²) in [6.07, 6.45) is 5.34. The van der Waals surface area contributed by atoms with Crippen LogP contribution in [0, 0.1) is 10.1 Å². The standard InChI is InChI=1S/C14H19N3O3/c1-14(7-3-2-4-8-14)16-13(18)10-5-6-12(17(19)20)11(15)9-10/h5-6,9H,2-4,7-8,15H2,1H3,(H,16,18). The number of anilines is 1. The maximum atomic E-state index is 12.2. The van der Waals surface area contributed by atoms with E-state index in [9.17, 15) is 14.9 Å². The molecule has 0 heterocycles. The molecular weight excluding hydrogens is 258 g/mol. The normalized spacial score (nSPS) is 17.4. The first-order chi connectivity index (χ1) is 9.41. The van der Waals surface area contributed by atoms with E-state index in [1.54, 1.807) is 0 Å². The molecule has 1 aliphatic carbocycles. The van der Waals surface area contributed by atoms with E-state index in [4.69, 9.17) is 5.73 Å². The first-order valence-corrected chi connectivity index (χ1v) is 6.78. The van der Waals surface area contributed by atoms with E-state index in [2.05, 4.69) is 5.32 Å². The number of carbonyl (C=O) groups excluding carboxylic acids is 1. The lowest BCUT2D eigenvalue weighted by Gasteiger charge is -2.34. The summed E-state index contributed by atoms with van der Waals surface area (Å²) in [7, 11) is 0. The molecule has 2 rings (SSSR count). The summed E-state index contributed by atoms with van der Waals surface area (Å²) in [6.45, 7) is 2.04. The molecule has 1 saturated carbocycles. The van der Waals surface area contributed by atoms with Gasteiger partial charge in [-0.15, -0.1) is 0 Å². The molecule has 0 saturated heterocycles. The Morgan fingerprint density at radius 3 is 2.55 bits per heavy atom. The average molecular weight is 277 g/mol. The molecule has 0 aliphatic heterocycles. The molecule has 0 unspecified atom stereocenters. The monoisotopic (exact) mass is 277 g/mol. The lowest BCUT2D eigenvalue weighted by Crippen LogP contribution is -2.47. The fourth-order valence-electron chi connectivity index (χ4n) is 2.67. The predicted molar refractivity (Wildman–Crippen MR) is 76.5 cm³/mol. The fraction of sp³-hybridized carbons (Fsp3) is 0.500. The third-order valence-electron chi connectivity index (χ3n) is 3.86. The van der Waals surface area contributed by atoms with Crippen LogP contribution in [-0.2, 0) is 0 Å². The molecule has 1 fully saturated rings. The minimum absolute atomic E-state index is 0.0106. The van der Waals surface area contributed by atoms with Crippen LogP contribution < -0.4 is 11.1 Å². The van der Waals surface area contributed by atoms with E-state index in [1.807, 2.05) is 6.92 Å². The van der Waals surface area contributed by atoms with Gasteiger partial charge >= 0.3 is 0 Å². The highest BCUT2D eigenvalue weighted by molar-refractivity contribution is 5.96. The molecule has 0 atom stereocenters. The van der Waals surface area contributed by atoms with Crippen molar-refractivity contribution in [3.8, 4) is 0 Å². The van der Waals surface area contributed by atoms with Gasteiger partial charge in [-0.3, -0.25) is 14.9 Å². The van der Waals surface area contributed by atoms with E-state index in [1.165, 1.54) is 24.6 Å². The highest BCUT2D eigenvalue weighted by Crippen LogP contribution is 2.28. The van der Waals surface area contributed by atoms with Crippen molar-refractivity contribution in [1.29, 1.82) is 0 Å². The van der Waals surface area contributed by atoms with Crippen molar-refractivity contribution in [2.24, 2.45) is 0 Å². The molecule has 20 heavy (non-hydrogen) atoms. The Morgan fingerprint density at radius 2 is 2.00 bits per heavy atom. The van der Waals surface area contributed by atoms with Crippen molar-refractivity contribution in [3.05, 3.63) is 33.9 Å². The maximum Gasteiger partial charge on any atom is 0.292 e. The zero-order valence-electron chi connectivity index (χ0n) is 11.5. The second-order valence-corrected chi connectivity index (χ2v) is 5.61. The molecule has 1 aromatic rings. The minimum atomic E-state index is -0.556. The number of carbonyl (C=O) groups is 1. The summed E-state index contributed by atoms with van der Waals surface area (Å²) in [5, 5.41) is 13.7. The molecule has 108 valence electrons. The van der Waals surface area contributed by atoms with E-state index in [0.717, 1.165) is 25.7 Å². The molecule has 0 bridgehead atoms. The van der Waals surface area contributed by atoms with E-state index >= 15 is 0 Å². The molecule has 1 aliphatic rings. The van der Waals surface area contributed by atoms with Crippen LogP contribution in [0.4, 0.5) is 11.4 Å². The highest BCUT2D eigenvalue weighted by Gasteiger charge is 2.29. The second kappa shape index (κ2) is 5.48.